The Morgan fingerprint density at radius 2 is 1.69 bits per heavy atom. The normalized spacial score (nSPS) is 36.0. The van der Waals surface area contributed by atoms with Crippen LogP contribution in [0.3, 0.4) is 0 Å². The van der Waals surface area contributed by atoms with E-state index in [1.165, 1.54) is 19.3 Å². The van der Waals surface area contributed by atoms with Crippen LogP contribution in [-0.4, -0.2) is 0 Å². The van der Waals surface area contributed by atoms with Crippen LogP contribution in [0.5, 0.6) is 0 Å². The van der Waals surface area contributed by atoms with E-state index < -0.39 is 0 Å². The highest BCUT2D eigenvalue weighted by Gasteiger charge is 2.40. The molecule has 1 rings (SSSR count). The maximum absolute atomic E-state index is 2.44. The summed E-state index contributed by atoms with van der Waals surface area (Å²) >= 11 is 0. The Bertz CT molecular complexity index is 140. The summed E-state index contributed by atoms with van der Waals surface area (Å²) < 4.78 is 0. The summed E-state index contributed by atoms with van der Waals surface area (Å²) in [6, 6.07) is 0. The molecule has 3 atom stereocenters. The van der Waals surface area contributed by atoms with E-state index in [1.54, 1.807) is 0 Å². The third kappa shape index (κ3) is 2.27. The SMILES string of the molecule is CCCC(C(C)C)C1C(C)CC1C. The monoisotopic (exact) mass is 182 g/mol. The van der Waals surface area contributed by atoms with Crippen molar-refractivity contribution in [2.75, 3.05) is 0 Å². The third-order valence-corrected chi connectivity index (χ3v) is 4.03. The molecule has 13 heavy (non-hydrogen) atoms. The molecule has 0 aromatic rings. The first-order valence-corrected chi connectivity index (χ1v) is 6.07. The standard InChI is InChI=1S/C13H26/c1-6-7-12(9(2)3)13-10(4)8-11(13)5/h9-13H,6-8H2,1-5H3. The molecule has 1 aliphatic rings. The first-order valence-electron chi connectivity index (χ1n) is 6.07. The van der Waals surface area contributed by atoms with Gasteiger partial charge in [-0.15, -0.1) is 0 Å². The van der Waals surface area contributed by atoms with Crippen molar-refractivity contribution in [3.05, 3.63) is 0 Å². The first-order chi connectivity index (χ1) is 6.07. The zero-order valence-corrected chi connectivity index (χ0v) is 10.0. The van der Waals surface area contributed by atoms with Gasteiger partial charge in [0.25, 0.3) is 0 Å². The van der Waals surface area contributed by atoms with Gasteiger partial charge in [-0.1, -0.05) is 47.5 Å². The van der Waals surface area contributed by atoms with Crippen LogP contribution in [0.25, 0.3) is 0 Å². The Morgan fingerprint density at radius 1 is 1.15 bits per heavy atom. The molecule has 1 saturated carbocycles. The molecule has 0 heteroatoms. The van der Waals surface area contributed by atoms with E-state index in [0.29, 0.717) is 0 Å². The lowest BCUT2D eigenvalue weighted by Gasteiger charge is -2.47. The molecule has 0 N–H and O–H groups in total. The number of rotatable bonds is 4. The minimum atomic E-state index is 0.884. The fourth-order valence-electron chi connectivity index (χ4n) is 3.41. The van der Waals surface area contributed by atoms with Crippen LogP contribution in [-0.2, 0) is 0 Å². The molecule has 78 valence electrons. The molecule has 0 amide bonds. The molecule has 0 nitrogen and oxygen atoms in total. The van der Waals surface area contributed by atoms with Gasteiger partial charge in [0.15, 0.2) is 0 Å². The molecule has 0 aromatic carbocycles. The highest BCUT2D eigenvalue weighted by molar-refractivity contribution is 4.89. The molecule has 0 aliphatic heterocycles. The lowest BCUT2D eigenvalue weighted by atomic mass is 9.58. The molecule has 0 aromatic heterocycles. The average Bonchev–Trinajstić information content (AvgIpc) is 2.03. The fourth-order valence-corrected chi connectivity index (χ4v) is 3.41. The van der Waals surface area contributed by atoms with E-state index in [1.807, 2.05) is 0 Å². The van der Waals surface area contributed by atoms with Gasteiger partial charge in [-0.2, -0.15) is 0 Å². The van der Waals surface area contributed by atoms with Crippen LogP contribution in [0.1, 0.15) is 53.9 Å². The Kier molecular flexibility index (Phi) is 3.82. The van der Waals surface area contributed by atoms with Crippen LogP contribution in [0.2, 0.25) is 0 Å². The summed E-state index contributed by atoms with van der Waals surface area (Å²) in [5.74, 6) is 4.89. The minimum absolute atomic E-state index is 0.884. The van der Waals surface area contributed by atoms with Crippen molar-refractivity contribution >= 4 is 0 Å². The van der Waals surface area contributed by atoms with Crippen molar-refractivity contribution in [3.63, 3.8) is 0 Å². The third-order valence-electron chi connectivity index (χ3n) is 4.03. The van der Waals surface area contributed by atoms with E-state index in [-0.39, 0.29) is 0 Å². The molecule has 1 fully saturated rings. The van der Waals surface area contributed by atoms with E-state index >= 15 is 0 Å². The van der Waals surface area contributed by atoms with Gasteiger partial charge in [0, 0.05) is 0 Å². The van der Waals surface area contributed by atoms with Gasteiger partial charge in [0.1, 0.15) is 0 Å². The summed E-state index contributed by atoms with van der Waals surface area (Å²) in [4.78, 5) is 0. The van der Waals surface area contributed by atoms with Crippen LogP contribution in [0.15, 0.2) is 0 Å². The zero-order valence-electron chi connectivity index (χ0n) is 10.0. The quantitative estimate of drug-likeness (QED) is 0.606. The molecule has 0 heterocycles. The topological polar surface area (TPSA) is 0 Å². The summed E-state index contributed by atoms with van der Waals surface area (Å²) in [7, 11) is 0. The van der Waals surface area contributed by atoms with Crippen LogP contribution in [0, 0.1) is 29.6 Å². The predicted octanol–water partition coefficient (Wildman–Crippen LogP) is 4.35. The van der Waals surface area contributed by atoms with Crippen molar-refractivity contribution in [2.45, 2.75) is 53.9 Å². The second-order valence-corrected chi connectivity index (χ2v) is 5.46. The van der Waals surface area contributed by atoms with Crippen molar-refractivity contribution in [1.82, 2.24) is 0 Å². The van der Waals surface area contributed by atoms with Crippen molar-refractivity contribution < 1.29 is 0 Å². The van der Waals surface area contributed by atoms with Gasteiger partial charge in [0.2, 0.25) is 0 Å². The zero-order chi connectivity index (χ0) is 10.0. The maximum Gasteiger partial charge on any atom is -0.0332 e. The average molecular weight is 182 g/mol. The van der Waals surface area contributed by atoms with Gasteiger partial charge >= 0.3 is 0 Å². The number of hydrogen-bond acceptors (Lipinski definition) is 0. The fraction of sp³-hybridized carbons (Fsp3) is 1.00. The van der Waals surface area contributed by atoms with Gasteiger partial charge in [-0.05, 0) is 36.0 Å². The van der Waals surface area contributed by atoms with Crippen LogP contribution >= 0.6 is 0 Å². The molecule has 1 aliphatic carbocycles. The van der Waals surface area contributed by atoms with E-state index in [9.17, 15) is 0 Å². The Morgan fingerprint density at radius 3 is 2.00 bits per heavy atom. The van der Waals surface area contributed by atoms with Crippen molar-refractivity contribution in [1.29, 1.82) is 0 Å². The minimum Gasteiger partial charge on any atom is -0.0654 e. The van der Waals surface area contributed by atoms with Crippen LogP contribution < -0.4 is 0 Å². The Hall–Kier alpha value is 0. The van der Waals surface area contributed by atoms with Gasteiger partial charge in [-0.25, -0.2) is 0 Å². The van der Waals surface area contributed by atoms with Crippen molar-refractivity contribution in [2.24, 2.45) is 29.6 Å². The summed E-state index contributed by atoms with van der Waals surface area (Å²) in [5, 5.41) is 0. The molecular formula is C13H26. The van der Waals surface area contributed by atoms with E-state index in [0.717, 1.165) is 29.6 Å². The highest BCUT2D eigenvalue weighted by Crippen LogP contribution is 2.48. The summed E-state index contributed by atoms with van der Waals surface area (Å²) in [6.45, 7) is 12.0. The molecule has 0 bridgehead atoms. The lowest BCUT2D eigenvalue weighted by molar-refractivity contribution is 0.0163. The Balaban J connectivity index is 2.53. The van der Waals surface area contributed by atoms with Gasteiger partial charge in [-0.3, -0.25) is 0 Å². The summed E-state index contributed by atoms with van der Waals surface area (Å²) in [5.41, 5.74) is 0. The van der Waals surface area contributed by atoms with Crippen molar-refractivity contribution in [3.8, 4) is 0 Å². The smallest absolute Gasteiger partial charge is 0.0332 e. The highest BCUT2D eigenvalue weighted by atomic mass is 14.5. The van der Waals surface area contributed by atoms with E-state index in [4.69, 9.17) is 0 Å². The molecule has 0 saturated heterocycles. The second kappa shape index (κ2) is 4.48. The number of hydrogen-bond donors (Lipinski definition) is 0. The van der Waals surface area contributed by atoms with Gasteiger partial charge < -0.3 is 0 Å². The Labute approximate surface area is 84.1 Å². The van der Waals surface area contributed by atoms with Gasteiger partial charge in [0.05, 0.1) is 0 Å². The molecule has 3 unspecified atom stereocenters. The first kappa shape index (κ1) is 11.1. The van der Waals surface area contributed by atoms with E-state index in [2.05, 4.69) is 34.6 Å². The largest absolute Gasteiger partial charge is 0.0654 e. The molecular weight excluding hydrogens is 156 g/mol. The lowest BCUT2D eigenvalue weighted by Crippen LogP contribution is -2.40. The summed E-state index contributed by atoms with van der Waals surface area (Å²) in [6.07, 6.45) is 4.27. The van der Waals surface area contributed by atoms with Crippen LogP contribution in [0.4, 0.5) is 0 Å². The maximum atomic E-state index is 2.44. The molecule has 0 spiro atoms. The second-order valence-electron chi connectivity index (χ2n) is 5.46. The molecule has 0 radical (unpaired) electrons. The predicted molar refractivity (Wildman–Crippen MR) is 59.7 cm³/mol.